The minimum absolute atomic E-state index is 0.786. The molecule has 2 aliphatic heterocycles. The van der Waals surface area contributed by atoms with Crippen molar-refractivity contribution in [1.82, 2.24) is 9.88 Å². The van der Waals surface area contributed by atoms with E-state index in [1.54, 1.807) is 0 Å². The summed E-state index contributed by atoms with van der Waals surface area (Å²) in [5, 5.41) is 2.08. The van der Waals surface area contributed by atoms with Crippen molar-refractivity contribution in [3.05, 3.63) is 64.8 Å². The highest BCUT2D eigenvalue weighted by Crippen LogP contribution is 2.37. The van der Waals surface area contributed by atoms with Crippen LogP contribution in [0.4, 0.5) is 5.69 Å². The van der Waals surface area contributed by atoms with Crippen molar-refractivity contribution in [2.24, 2.45) is 0 Å². The van der Waals surface area contributed by atoms with Gasteiger partial charge in [0.25, 0.3) is 0 Å². The molecule has 3 nitrogen and oxygen atoms in total. The van der Waals surface area contributed by atoms with Crippen LogP contribution in [-0.4, -0.2) is 48.4 Å². The third kappa shape index (κ3) is 3.57. The van der Waals surface area contributed by atoms with Crippen LogP contribution in [0.1, 0.15) is 11.1 Å². The second-order valence-electron chi connectivity index (χ2n) is 7.49. The Morgan fingerprint density at radius 2 is 1.96 bits per heavy atom. The van der Waals surface area contributed by atoms with Crippen molar-refractivity contribution in [1.29, 1.82) is 0 Å². The molecule has 0 aliphatic carbocycles. The first-order valence-electron chi connectivity index (χ1n) is 9.93. The Morgan fingerprint density at radius 3 is 2.86 bits per heavy atom. The summed E-state index contributed by atoms with van der Waals surface area (Å²) in [6.45, 7) is 5.55. The normalized spacial score (nSPS) is 17.2. The lowest BCUT2D eigenvalue weighted by Crippen LogP contribution is -2.47. The second-order valence-corrected chi connectivity index (χ2v) is 8.96. The first-order valence-corrected chi connectivity index (χ1v) is 11.3. The Bertz CT molecular complexity index is 1020. The molecule has 28 heavy (non-hydrogen) atoms. The van der Waals surface area contributed by atoms with E-state index in [-0.39, 0.29) is 0 Å². The van der Waals surface area contributed by atoms with Crippen molar-refractivity contribution in [2.45, 2.75) is 11.3 Å². The predicted octanol–water partition coefficient (Wildman–Crippen LogP) is 5.30. The number of halogens is 1. The largest absolute Gasteiger partial charge is 0.368 e. The van der Waals surface area contributed by atoms with E-state index in [0.717, 1.165) is 55.4 Å². The molecule has 5 rings (SSSR count). The number of nitrogens with zero attached hydrogens (tertiary/aromatic N) is 2. The molecule has 0 saturated carbocycles. The molecule has 2 aromatic carbocycles. The van der Waals surface area contributed by atoms with Crippen LogP contribution < -0.4 is 4.90 Å². The number of fused-ring (bicyclic) bond motifs is 2. The van der Waals surface area contributed by atoms with Gasteiger partial charge in [0.15, 0.2) is 0 Å². The zero-order valence-electron chi connectivity index (χ0n) is 15.8. The Balaban J connectivity index is 1.21. The number of rotatable bonds is 4. The van der Waals surface area contributed by atoms with Crippen molar-refractivity contribution in [3.63, 3.8) is 0 Å². The fourth-order valence-corrected chi connectivity index (χ4v) is 5.42. The highest BCUT2D eigenvalue weighted by Gasteiger charge is 2.21. The van der Waals surface area contributed by atoms with Crippen molar-refractivity contribution in [2.75, 3.05) is 43.4 Å². The topological polar surface area (TPSA) is 22.3 Å². The van der Waals surface area contributed by atoms with Crippen molar-refractivity contribution in [3.8, 4) is 0 Å². The van der Waals surface area contributed by atoms with E-state index < -0.39 is 0 Å². The molecule has 5 heteroatoms. The summed E-state index contributed by atoms with van der Waals surface area (Å²) in [6, 6.07) is 12.8. The smallest absolute Gasteiger partial charge is 0.0511 e. The second kappa shape index (κ2) is 7.86. The number of thioether (sulfide) groups is 1. The van der Waals surface area contributed by atoms with Crippen LogP contribution in [0.15, 0.2) is 53.6 Å². The molecule has 0 atom stereocenters. The van der Waals surface area contributed by atoms with Gasteiger partial charge in [0.2, 0.25) is 0 Å². The zero-order chi connectivity index (χ0) is 18.9. The standard InChI is InChI=1S/C23H24ClN3S/c24-19-6-7-20-18(16-25-21(20)15-19)8-9-26-10-12-27(13-11-26)22-5-1-3-17-4-2-14-28-23(17)22/h1-7,15-16,25H,8-14H2. The number of piperazine rings is 1. The Labute approximate surface area is 175 Å². The van der Waals surface area contributed by atoms with Crippen LogP contribution in [0.25, 0.3) is 17.0 Å². The van der Waals surface area contributed by atoms with Crippen LogP contribution in [-0.2, 0) is 6.42 Å². The third-order valence-electron chi connectivity index (χ3n) is 5.79. The lowest BCUT2D eigenvalue weighted by Gasteiger charge is -2.37. The summed E-state index contributed by atoms with van der Waals surface area (Å²) in [5.74, 6) is 1.08. The summed E-state index contributed by atoms with van der Waals surface area (Å²) in [4.78, 5) is 9.97. The van der Waals surface area contributed by atoms with E-state index in [1.165, 1.54) is 27.1 Å². The van der Waals surface area contributed by atoms with Gasteiger partial charge in [-0.05, 0) is 35.7 Å². The molecule has 0 radical (unpaired) electrons. The quantitative estimate of drug-likeness (QED) is 0.631. The van der Waals surface area contributed by atoms with E-state index in [2.05, 4.69) is 57.4 Å². The molecule has 3 heterocycles. The summed E-state index contributed by atoms with van der Waals surface area (Å²) >= 11 is 8.06. The SMILES string of the molecule is Clc1ccc2c(CCN3CCN(c4cccc5c4SCC=C5)CC3)c[nH]c2c1. The molecule has 1 N–H and O–H groups in total. The zero-order valence-corrected chi connectivity index (χ0v) is 17.4. The highest BCUT2D eigenvalue weighted by molar-refractivity contribution is 7.99. The maximum Gasteiger partial charge on any atom is 0.0511 e. The van der Waals surface area contributed by atoms with Gasteiger partial charge >= 0.3 is 0 Å². The number of benzene rings is 2. The molecule has 2 aliphatic rings. The molecule has 0 unspecified atom stereocenters. The van der Waals surface area contributed by atoms with Gasteiger partial charge in [-0.15, -0.1) is 11.8 Å². The van der Waals surface area contributed by atoms with Crippen molar-refractivity contribution >= 4 is 46.0 Å². The van der Waals surface area contributed by atoms with Gasteiger partial charge in [0, 0.05) is 65.5 Å². The Morgan fingerprint density at radius 1 is 1.07 bits per heavy atom. The van der Waals surface area contributed by atoms with E-state index in [1.807, 2.05) is 23.9 Å². The number of anilines is 1. The molecule has 144 valence electrons. The van der Waals surface area contributed by atoms with Gasteiger partial charge in [-0.3, -0.25) is 4.90 Å². The molecular weight excluding hydrogens is 386 g/mol. The van der Waals surface area contributed by atoms with E-state index >= 15 is 0 Å². The average Bonchev–Trinajstić information content (AvgIpc) is 3.14. The third-order valence-corrected chi connectivity index (χ3v) is 7.11. The van der Waals surface area contributed by atoms with Gasteiger partial charge in [-0.2, -0.15) is 0 Å². The van der Waals surface area contributed by atoms with E-state index in [4.69, 9.17) is 11.6 Å². The van der Waals surface area contributed by atoms with Gasteiger partial charge in [-0.25, -0.2) is 0 Å². The average molecular weight is 410 g/mol. The fourth-order valence-electron chi connectivity index (χ4n) is 4.24. The molecule has 0 bridgehead atoms. The number of H-pyrrole nitrogens is 1. The number of hydrogen-bond acceptors (Lipinski definition) is 3. The first-order chi connectivity index (χ1) is 13.8. The number of aromatic nitrogens is 1. The van der Waals surface area contributed by atoms with E-state index in [9.17, 15) is 0 Å². The van der Waals surface area contributed by atoms with Crippen LogP contribution in [0.3, 0.4) is 0 Å². The van der Waals surface area contributed by atoms with Crippen LogP contribution >= 0.6 is 23.4 Å². The number of aromatic amines is 1. The van der Waals surface area contributed by atoms with Crippen LogP contribution in [0.5, 0.6) is 0 Å². The van der Waals surface area contributed by atoms with E-state index in [0.29, 0.717) is 0 Å². The molecule has 1 aromatic heterocycles. The molecule has 1 saturated heterocycles. The van der Waals surface area contributed by atoms with Crippen molar-refractivity contribution < 1.29 is 0 Å². The van der Waals surface area contributed by atoms with Gasteiger partial charge < -0.3 is 9.88 Å². The van der Waals surface area contributed by atoms with Gasteiger partial charge in [-0.1, -0.05) is 42.0 Å². The summed E-state index contributed by atoms with van der Waals surface area (Å²) in [5.41, 5.74) is 5.30. The lowest BCUT2D eigenvalue weighted by atomic mass is 10.1. The molecule has 3 aromatic rings. The predicted molar refractivity (Wildman–Crippen MR) is 122 cm³/mol. The minimum atomic E-state index is 0.786. The molecular formula is C23H24ClN3S. The number of nitrogens with one attached hydrogen (secondary N) is 1. The summed E-state index contributed by atoms with van der Waals surface area (Å²) < 4.78 is 0. The maximum atomic E-state index is 6.10. The summed E-state index contributed by atoms with van der Waals surface area (Å²) in [6.07, 6.45) is 7.73. The molecule has 0 amide bonds. The highest BCUT2D eigenvalue weighted by atomic mass is 35.5. The Hall–Kier alpha value is -1.88. The monoisotopic (exact) mass is 409 g/mol. The summed E-state index contributed by atoms with van der Waals surface area (Å²) in [7, 11) is 0. The maximum absolute atomic E-state index is 6.10. The molecule has 1 fully saturated rings. The first kappa shape index (κ1) is 18.2. The molecule has 0 spiro atoms. The van der Waals surface area contributed by atoms with Gasteiger partial charge in [0.05, 0.1) is 5.69 Å². The number of hydrogen-bond donors (Lipinski definition) is 1. The minimum Gasteiger partial charge on any atom is -0.368 e. The fraction of sp³-hybridized carbons (Fsp3) is 0.304. The van der Waals surface area contributed by atoms with Crippen LogP contribution in [0, 0.1) is 0 Å². The van der Waals surface area contributed by atoms with Gasteiger partial charge in [0.1, 0.15) is 0 Å². The lowest BCUT2D eigenvalue weighted by molar-refractivity contribution is 0.261. The Kier molecular flexibility index (Phi) is 5.10. The van der Waals surface area contributed by atoms with Crippen LogP contribution in [0.2, 0.25) is 5.02 Å².